The first-order valence-electron chi connectivity index (χ1n) is 6.03. The molecule has 0 bridgehead atoms. The van der Waals surface area contributed by atoms with Crippen molar-refractivity contribution >= 4 is 0 Å². The Kier molecular flexibility index (Phi) is 3.36. The van der Waals surface area contributed by atoms with Crippen molar-refractivity contribution in [3.8, 4) is 0 Å². The average Bonchev–Trinajstić information content (AvgIpc) is 2.76. The number of nitrogens with zero attached hydrogens (tertiary/aromatic N) is 1. The van der Waals surface area contributed by atoms with E-state index < -0.39 is 0 Å². The van der Waals surface area contributed by atoms with Crippen LogP contribution in [0.1, 0.15) is 31.6 Å². The van der Waals surface area contributed by atoms with E-state index in [4.69, 9.17) is 4.42 Å². The summed E-state index contributed by atoms with van der Waals surface area (Å²) >= 11 is 0. The lowest BCUT2D eigenvalue weighted by Crippen LogP contribution is -2.23. The van der Waals surface area contributed by atoms with E-state index in [0.717, 1.165) is 18.8 Å². The van der Waals surface area contributed by atoms with Gasteiger partial charge in [0, 0.05) is 18.7 Å². The molecule has 2 heterocycles. The normalized spacial score (nSPS) is 20.4. The summed E-state index contributed by atoms with van der Waals surface area (Å²) in [6.07, 6.45) is 3.08. The molecule has 0 amide bonds. The molecule has 1 saturated heterocycles. The SMILES string of the molecule is CNCc1ccoc1CN1CCC(C)(C)C1. The molecule has 1 N–H and O–H groups in total. The van der Waals surface area contributed by atoms with E-state index in [-0.39, 0.29) is 0 Å². The van der Waals surface area contributed by atoms with E-state index in [2.05, 4.69) is 30.1 Å². The van der Waals surface area contributed by atoms with Gasteiger partial charge in [0.2, 0.25) is 0 Å². The van der Waals surface area contributed by atoms with Crippen LogP contribution in [0.15, 0.2) is 16.7 Å². The van der Waals surface area contributed by atoms with Crippen molar-refractivity contribution < 1.29 is 4.42 Å². The predicted molar refractivity (Wildman–Crippen MR) is 65.1 cm³/mol. The zero-order valence-electron chi connectivity index (χ0n) is 10.5. The van der Waals surface area contributed by atoms with Crippen molar-refractivity contribution in [3.05, 3.63) is 23.7 Å². The summed E-state index contributed by atoms with van der Waals surface area (Å²) in [5.74, 6) is 1.12. The molecule has 0 spiro atoms. The minimum atomic E-state index is 0.468. The molecule has 1 aromatic heterocycles. The van der Waals surface area contributed by atoms with Crippen LogP contribution < -0.4 is 5.32 Å². The van der Waals surface area contributed by atoms with Gasteiger partial charge in [-0.1, -0.05) is 13.8 Å². The molecule has 0 unspecified atom stereocenters. The summed E-state index contributed by atoms with van der Waals surface area (Å²) in [6.45, 7) is 8.88. The van der Waals surface area contributed by atoms with Crippen LogP contribution >= 0.6 is 0 Å². The largest absolute Gasteiger partial charge is 0.468 e. The van der Waals surface area contributed by atoms with Gasteiger partial charge < -0.3 is 9.73 Å². The Morgan fingerprint density at radius 3 is 2.94 bits per heavy atom. The molecule has 2 rings (SSSR count). The minimum Gasteiger partial charge on any atom is -0.468 e. The third-order valence-electron chi connectivity index (χ3n) is 3.33. The van der Waals surface area contributed by atoms with Crippen LogP contribution in [0.5, 0.6) is 0 Å². The molecule has 0 aliphatic carbocycles. The van der Waals surface area contributed by atoms with Crippen molar-refractivity contribution in [1.29, 1.82) is 0 Å². The summed E-state index contributed by atoms with van der Waals surface area (Å²) < 4.78 is 5.57. The second kappa shape index (κ2) is 4.60. The van der Waals surface area contributed by atoms with Gasteiger partial charge in [-0.3, -0.25) is 4.90 Å². The Bertz CT molecular complexity index is 343. The highest BCUT2D eigenvalue weighted by atomic mass is 16.3. The van der Waals surface area contributed by atoms with Crippen LogP contribution in [0.3, 0.4) is 0 Å². The maximum absolute atomic E-state index is 5.57. The lowest BCUT2D eigenvalue weighted by Gasteiger charge is -2.19. The van der Waals surface area contributed by atoms with Gasteiger partial charge in [-0.2, -0.15) is 0 Å². The number of likely N-dealkylation sites (tertiary alicyclic amines) is 1. The number of hydrogen-bond donors (Lipinski definition) is 1. The Morgan fingerprint density at radius 2 is 2.31 bits per heavy atom. The molecule has 1 aliphatic rings. The van der Waals surface area contributed by atoms with Crippen LogP contribution in [0, 0.1) is 5.41 Å². The van der Waals surface area contributed by atoms with Gasteiger partial charge in [-0.25, -0.2) is 0 Å². The lowest BCUT2D eigenvalue weighted by molar-refractivity contribution is 0.262. The summed E-state index contributed by atoms with van der Waals surface area (Å²) in [5, 5.41) is 3.17. The fourth-order valence-electron chi connectivity index (χ4n) is 2.42. The van der Waals surface area contributed by atoms with Crippen molar-refractivity contribution in [2.45, 2.75) is 33.4 Å². The first-order valence-corrected chi connectivity index (χ1v) is 6.03. The Morgan fingerprint density at radius 1 is 1.50 bits per heavy atom. The lowest BCUT2D eigenvalue weighted by atomic mass is 9.93. The van der Waals surface area contributed by atoms with E-state index in [0.29, 0.717) is 5.41 Å². The molecule has 3 nitrogen and oxygen atoms in total. The number of hydrogen-bond acceptors (Lipinski definition) is 3. The molecule has 0 radical (unpaired) electrons. The molecule has 0 aromatic carbocycles. The fourth-order valence-corrected chi connectivity index (χ4v) is 2.42. The van der Waals surface area contributed by atoms with Gasteiger partial charge in [0.15, 0.2) is 0 Å². The highest BCUT2D eigenvalue weighted by Gasteiger charge is 2.29. The second-order valence-electron chi connectivity index (χ2n) is 5.52. The topological polar surface area (TPSA) is 28.4 Å². The first kappa shape index (κ1) is 11.7. The molecule has 16 heavy (non-hydrogen) atoms. The van der Waals surface area contributed by atoms with E-state index in [1.54, 1.807) is 6.26 Å². The van der Waals surface area contributed by atoms with Gasteiger partial charge in [0.25, 0.3) is 0 Å². The Labute approximate surface area is 97.8 Å². The summed E-state index contributed by atoms with van der Waals surface area (Å²) in [6, 6.07) is 2.06. The standard InChI is InChI=1S/C13H22N2O/c1-13(2)5-6-15(10-13)9-12-11(8-14-3)4-7-16-12/h4,7,14H,5-6,8-10H2,1-3H3. The highest BCUT2D eigenvalue weighted by Crippen LogP contribution is 2.30. The number of nitrogens with one attached hydrogen (secondary N) is 1. The molecule has 3 heteroatoms. The van der Waals surface area contributed by atoms with Crippen molar-refractivity contribution in [3.63, 3.8) is 0 Å². The number of furan rings is 1. The predicted octanol–water partition coefficient (Wildman–Crippen LogP) is 2.23. The Balaban J connectivity index is 1.96. The molecular formula is C13H22N2O. The quantitative estimate of drug-likeness (QED) is 0.847. The minimum absolute atomic E-state index is 0.468. The van der Waals surface area contributed by atoms with Crippen LogP contribution in [0.25, 0.3) is 0 Å². The van der Waals surface area contributed by atoms with Crippen molar-refractivity contribution in [2.24, 2.45) is 5.41 Å². The monoisotopic (exact) mass is 222 g/mol. The van der Waals surface area contributed by atoms with E-state index in [1.807, 2.05) is 7.05 Å². The van der Waals surface area contributed by atoms with Gasteiger partial charge >= 0.3 is 0 Å². The smallest absolute Gasteiger partial charge is 0.122 e. The summed E-state index contributed by atoms with van der Waals surface area (Å²) in [4.78, 5) is 2.48. The molecule has 1 aliphatic heterocycles. The molecule has 0 atom stereocenters. The van der Waals surface area contributed by atoms with Gasteiger partial charge in [0.1, 0.15) is 5.76 Å². The average molecular weight is 222 g/mol. The first-order chi connectivity index (χ1) is 7.61. The second-order valence-corrected chi connectivity index (χ2v) is 5.52. The van der Waals surface area contributed by atoms with Gasteiger partial charge in [0.05, 0.1) is 12.8 Å². The summed E-state index contributed by atoms with van der Waals surface area (Å²) in [7, 11) is 1.97. The van der Waals surface area contributed by atoms with Crippen LogP contribution in [-0.2, 0) is 13.1 Å². The highest BCUT2D eigenvalue weighted by molar-refractivity contribution is 5.17. The van der Waals surface area contributed by atoms with Crippen molar-refractivity contribution in [2.75, 3.05) is 20.1 Å². The zero-order valence-corrected chi connectivity index (χ0v) is 10.5. The van der Waals surface area contributed by atoms with E-state index >= 15 is 0 Å². The van der Waals surface area contributed by atoms with Crippen LogP contribution in [-0.4, -0.2) is 25.0 Å². The molecule has 0 saturated carbocycles. The summed E-state index contributed by atoms with van der Waals surface area (Å²) in [5.41, 5.74) is 1.75. The van der Waals surface area contributed by atoms with E-state index in [9.17, 15) is 0 Å². The fraction of sp³-hybridized carbons (Fsp3) is 0.692. The molecule has 1 aromatic rings. The van der Waals surface area contributed by atoms with Gasteiger partial charge in [-0.15, -0.1) is 0 Å². The van der Waals surface area contributed by atoms with E-state index in [1.165, 1.54) is 25.1 Å². The Hall–Kier alpha value is -0.800. The molecular weight excluding hydrogens is 200 g/mol. The molecule has 90 valence electrons. The molecule has 1 fully saturated rings. The third-order valence-corrected chi connectivity index (χ3v) is 3.33. The van der Waals surface area contributed by atoms with Crippen molar-refractivity contribution in [1.82, 2.24) is 10.2 Å². The van der Waals surface area contributed by atoms with Crippen LogP contribution in [0.4, 0.5) is 0 Å². The number of rotatable bonds is 4. The maximum Gasteiger partial charge on any atom is 0.122 e. The van der Waals surface area contributed by atoms with Crippen LogP contribution in [0.2, 0.25) is 0 Å². The third kappa shape index (κ3) is 2.66. The van der Waals surface area contributed by atoms with Gasteiger partial charge in [-0.05, 0) is 31.5 Å². The maximum atomic E-state index is 5.57. The zero-order chi connectivity index (χ0) is 11.6.